The van der Waals surface area contributed by atoms with Gasteiger partial charge in [0.15, 0.2) is 0 Å². The number of nitrogens with zero attached hydrogens (tertiary/aromatic N) is 2. The SMILES string of the molecule is N#C/C1=C(/Nc2ccc(Br)cc2)N(c2ccc(Br)cc2)C(=O)CCCCCCCCCC1. The Hall–Kier alpha value is -2.10. The maximum absolute atomic E-state index is 13.5. The highest BCUT2D eigenvalue weighted by Gasteiger charge is 2.24. The quantitative estimate of drug-likeness (QED) is 0.412. The molecule has 0 saturated carbocycles. The first-order chi connectivity index (χ1) is 15.6. The number of benzene rings is 2. The normalized spacial score (nSPS) is 19.2. The van der Waals surface area contributed by atoms with Gasteiger partial charge in [0.2, 0.25) is 5.91 Å². The Morgan fingerprint density at radius 3 is 1.81 bits per heavy atom. The van der Waals surface area contributed by atoms with E-state index in [1.54, 1.807) is 4.90 Å². The van der Waals surface area contributed by atoms with Crippen molar-refractivity contribution in [2.75, 3.05) is 10.2 Å². The monoisotopic (exact) mass is 557 g/mol. The van der Waals surface area contributed by atoms with Crippen molar-refractivity contribution < 1.29 is 4.79 Å². The van der Waals surface area contributed by atoms with Gasteiger partial charge >= 0.3 is 0 Å². The first kappa shape index (κ1) is 24.5. The van der Waals surface area contributed by atoms with Crippen molar-refractivity contribution in [3.63, 3.8) is 0 Å². The van der Waals surface area contributed by atoms with Crippen LogP contribution in [0, 0.1) is 11.3 Å². The maximum atomic E-state index is 13.5. The summed E-state index contributed by atoms with van der Waals surface area (Å²) in [6.45, 7) is 0. The predicted octanol–water partition coefficient (Wildman–Crippen LogP) is 8.31. The van der Waals surface area contributed by atoms with Gasteiger partial charge in [-0.15, -0.1) is 0 Å². The number of nitriles is 1. The van der Waals surface area contributed by atoms with Crippen LogP contribution < -0.4 is 10.2 Å². The fourth-order valence-electron chi connectivity index (χ4n) is 3.90. The van der Waals surface area contributed by atoms with E-state index >= 15 is 0 Å². The third-order valence-corrected chi connectivity index (χ3v) is 6.71. The molecule has 0 unspecified atom stereocenters. The average Bonchev–Trinajstić information content (AvgIpc) is 2.79. The lowest BCUT2D eigenvalue weighted by Gasteiger charge is -2.28. The van der Waals surface area contributed by atoms with Crippen molar-refractivity contribution in [2.45, 2.75) is 64.2 Å². The van der Waals surface area contributed by atoms with Crippen LogP contribution in [0.2, 0.25) is 0 Å². The van der Waals surface area contributed by atoms with Crippen LogP contribution in [0.25, 0.3) is 0 Å². The molecular weight excluding hydrogens is 530 g/mol. The Kier molecular flexibility index (Phi) is 9.83. The number of amides is 1. The smallest absolute Gasteiger partial charge is 0.232 e. The zero-order valence-electron chi connectivity index (χ0n) is 18.2. The van der Waals surface area contributed by atoms with Gasteiger partial charge in [0.25, 0.3) is 0 Å². The summed E-state index contributed by atoms with van der Waals surface area (Å²) in [4.78, 5) is 15.2. The average molecular weight is 559 g/mol. The molecule has 0 spiro atoms. The van der Waals surface area contributed by atoms with Crippen molar-refractivity contribution in [2.24, 2.45) is 0 Å². The van der Waals surface area contributed by atoms with E-state index in [0.29, 0.717) is 24.2 Å². The summed E-state index contributed by atoms with van der Waals surface area (Å²) in [5.41, 5.74) is 2.21. The number of hydrogen-bond acceptors (Lipinski definition) is 3. The van der Waals surface area contributed by atoms with Gasteiger partial charge in [-0.2, -0.15) is 5.26 Å². The van der Waals surface area contributed by atoms with Crippen molar-refractivity contribution >= 4 is 49.1 Å². The van der Waals surface area contributed by atoms with E-state index < -0.39 is 0 Å². The molecule has 0 bridgehead atoms. The molecule has 32 heavy (non-hydrogen) atoms. The summed E-state index contributed by atoms with van der Waals surface area (Å²) in [6, 6.07) is 17.9. The van der Waals surface area contributed by atoms with E-state index in [-0.39, 0.29) is 5.91 Å². The third-order valence-electron chi connectivity index (χ3n) is 5.65. The van der Waals surface area contributed by atoms with Crippen LogP contribution in [0.1, 0.15) is 64.2 Å². The second kappa shape index (κ2) is 12.8. The predicted molar refractivity (Wildman–Crippen MR) is 138 cm³/mol. The minimum Gasteiger partial charge on any atom is -0.340 e. The van der Waals surface area contributed by atoms with Gasteiger partial charge in [-0.25, -0.2) is 0 Å². The van der Waals surface area contributed by atoms with E-state index in [1.165, 1.54) is 25.7 Å². The van der Waals surface area contributed by atoms with Crippen molar-refractivity contribution in [1.29, 1.82) is 5.26 Å². The Morgan fingerprint density at radius 1 is 0.750 bits per heavy atom. The Morgan fingerprint density at radius 2 is 1.25 bits per heavy atom. The van der Waals surface area contributed by atoms with E-state index in [0.717, 1.165) is 46.0 Å². The molecule has 4 nitrogen and oxygen atoms in total. The van der Waals surface area contributed by atoms with Crippen LogP contribution in [0.5, 0.6) is 0 Å². The number of anilines is 2. The van der Waals surface area contributed by atoms with Gasteiger partial charge in [0.1, 0.15) is 5.82 Å². The standard InChI is InChI=1S/C26H29Br2N3O/c27-21-11-15-23(16-12-21)30-26-20(19-29)9-7-5-3-1-2-4-6-8-10-25(32)31(26)24-17-13-22(28)14-18-24/h11-18,30H,1-10H2/b26-20-. The molecule has 6 heteroatoms. The molecule has 2 aromatic carbocycles. The number of allylic oxidation sites excluding steroid dienone is 1. The zero-order valence-corrected chi connectivity index (χ0v) is 21.4. The highest BCUT2D eigenvalue weighted by molar-refractivity contribution is 9.10. The van der Waals surface area contributed by atoms with E-state index in [9.17, 15) is 10.1 Å². The topological polar surface area (TPSA) is 56.1 Å². The molecule has 0 fully saturated rings. The molecule has 1 aliphatic rings. The van der Waals surface area contributed by atoms with Crippen molar-refractivity contribution in [3.8, 4) is 6.07 Å². The number of carbonyl (C=O) groups excluding carboxylic acids is 1. The highest BCUT2D eigenvalue weighted by Crippen LogP contribution is 2.29. The summed E-state index contributed by atoms with van der Waals surface area (Å²) in [6.07, 6.45) is 9.90. The van der Waals surface area contributed by atoms with Crippen LogP contribution in [0.15, 0.2) is 68.9 Å². The lowest BCUT2D eigenvalue weighted by molar-refractivity contribution is -0.118. The second-order valence-corrected chi connectivity index (χ2v) is 9.94. The summed E-state index contributed by atoms with van der Waals surface area (Å²) in [5, 5.41) is 13.5. The maximum Gasteiger partial charge on any atom is 0.232 e. The third kappa shape index (κ3) is 7.21. The van der Waals surface area contributed by atoms with Gasteiger partial charge in [0, 0.05) is 21.1 Å². The van der Waals surface area contributed by atoms with E-state index in [4.69, 9.17) is 0 Å². The molecule has 0 atom stereocenters. The van der Waals surface area contributed by atoms with Crippen LogP contribution >= 0.6 is 31.9 Å². The second-order valence-electron chi connectivity index (χ2n) is 8.10. The van der Waals surface area contributed by atoms with Gasteiger partial charge in [-0.1, -0.05) is 70.4 Å². The summed E-state index contributed by atoms with van der Waals surface area (Å²) in [7, 11) is 0. The van der Waals surface area contributed by atoms with Crippen LogP contribution in [0.3, 0.4) is 0 Å². The van der Waals surface area contributed by atoms with Gasteiger partial charge in [-0.05, 0) is 67.8 Å². The molecule has 0 saturated heterocycles. The van der Waals surface area contributed by atoms with Crippen LogP contribution in [-0.2, 0) is 4.79 Å². The molecule has 168 valence electrons. The van der Waals surface area contributed by atoms with Gasteiger partial charge in [-0.3, -0.25) is 9.69 Å². The minimum absolute atomic E-state index is 0.0109. The Bertz CT molecular complexity index is 962. The van der Waals surface area contributed by atoms with E-state index in [1.807, 2.05) is 48.5 Å². The Balaban J connectivity index is 2.06. The van der Waals surface area contributed by atoms with Crippen molar-refractivity contribution in [1.82, 2.24) is 0 Å². The number of rotatable bonds is 3. The summed E-state index contributed by atoms with van der Waals surface area (Å²) in [5.74, 6) is 0.580. The molecule has 1 amide bonds. The molecule has 2 aromatic rings. The molecule has 1 N–H and O–H groups in total. The molecule has 3 rings (SSSR count). The van der Waals surface area contributed by atoms with Gasteiger partial charge < -0.3 is 5.32 Å². The molecule has 0 aromatic heterocycles. The zero-order chi connectivity index (χ0) is 22.8. The fraction of sp³-hybridized carbons (Fsp3) is 0.385. The van der Waals surface area contributed by atoms with E-state index in [2.05, 4.69) is 43.2 Å². The molecule has 0 aliphatic carbocycles. The molecule has 1 heterocycles. The lowest BCUT2D eigenvalue weighted by Crippen LogP contribution is -2.34. The largest absolute Gasteiger partial charge is 0.340 e. The first-order valence-corrected chi connectivity index (χ1v) is 12.9. The van der Waals surface area contributed by atoms with Gasteiger partial charge in [0.05, 0.1) is 17.3 Å². The Labute approximate surface area is 208 Å². The lowest BCUT2D eigenvalue weighted by atomic mass is 10.0. The number of carbonyl (C=O) groups is 1. The number of nitrogens with one attached hydrogen (secondary N) is 1. The first-order valence-electron chi connectivity index (χ1n) is 11.3. The summed E-state index contributed by atoms with van der Waals surface area (Å²) >= 11 is 6.96. The molecular formula is C26H29Br2N3O. The molecule has 1 aliphatic heterocycles. The number of halogens is 2. The van der Waals surface area contributed by atoms with Crippen molar-refractivity contribution in [3.05, 3.63) is 68.9 Å². The highest BCUT2D eigenvalue weighted by atomic mass is 79.9. The fourth-order valence-corrected chi connectivity index (χ4v) is 4.43. The van der Waals surface area contributed by atoms with Crippen LogP contribution in [-0.4, -0.2) is 5.91 Å². The number of hydrogen-bond donors (Lipinski definition) is 1. The van der Waals surface area contributed by atoms with Crippen LogP contribution in [0.4, 0.5) is 11.4 Å². The minimum atomic E-state index is 0.0109. The summed E-state index contributed by atoms with van der Waals surface area (Å²) < 4.78 is 1.92. The molecule has 0 radical (unpaired) electrons.